The van der Waals surface area contributed by atoms with Crippen molar-refractivity contribution in [2.24, 2.45) is 5.92 Å². The van der Waals surface area contributed by atoms with Gasteiger partial charge in [-0.1, -0.05) is 6.07 Å². The standard InChI is InChI=1S/C21H24N4O/c1-15-10-16(2)12-19(11-15)24(3)21(26)18-6-8-25(9-7-18)20-5-4-17(13-22)14-23-20/h4-5,10-12,14,18H,6-9H2,1-3H3. The monoisotopic (exact) mass is 348 g/mol. The molecule has 0 aliphatic carbocycles. The fourth-order valence-electron chi connectivity index (χ4n) is 3.54. The lowest BCUT2D eigenvalue weighted by molar-refractivity contribution is -0.122. The summed E-state index contributed by atoms with van der Waals surface area (Å²) in [5.74, 6) is 1.09. The van der Waals surface area contributed by atoms with Gasteiger partial charge in [0.2, 0.25) is 5.91 Å². The summed E-state index contributed by atoms with van der Waals surface area (Å²) in [6.45, 7) is 5.71. The number of aryl methyl sites for hydroxylation is 2. The van der Waals surface area contributed by atoms with Crippen LogP contribution < -0.4 is 9.80 Å². The Morgan fingerprint density at radius 3 is 2.38 bits per heavy atom. The number of hydrogen-bond acceptors (Lipinski definition) is 4. The number of amides is 1. The highest BCUT2D eigenvalue weighted by atomic mass is 16.2. The summed E-state index contributed by atoms with van der Waals surface area (Å²) in [7, 11) is 1.87. The Morgan fingerprint density at radius 1 is 1.19 bits per heavy atom. The molecule has 1 aliphatic rings. The molecule has 0 bridgehead atoms. The van der Waals surface area contributed by atoms with Gasteiger partial charge in [0.05, 0.1) is 5.56 Å². The Balaban J connectivity index is 1.63. The summed E-state index contributed by atoms with van der Waals surface area (Å²) in [4.78, 5) is 21.2. The third-order valence-corrected chi connectivity index (χ3v) is 4.97. The highest BCUT2D eigenvalue weighted by molar-refractivity contribution is 5.94. The van der Waals surface area contributed by atoms with Gasteiger partial charge in [0, 0.05) is 37.9 Å². The van der Waals surface area contributed by atoms with E-state index in [4.69, 9.17) is 5.26 Å². The molecule has 0 atom stereocenters. The van der Waals surface area contributed by atoms with Gasteiger partial charge in [-0.25, -0.2) is 4.98 Å². The number of rotatable bonds is 3. The van der Waals surface area contributed by atoms with Crippen LogP contribution in [0.3, 0.4) is 0 Å². The van der Waals surface area contributed by atoms with Crippen LogP contribution in [0.2, 0.25) is 0 Å². The van der Waals surface area contributed by atoms with Crippen LogP contribution in [-0.2, 0) is 4.79 Å². The lowest BCUT2D eigenvalue weighted by Crippen LogP contribution is -2.41. The second-order valence-electron chi connectivity index (χ2n) is 7.02. The van der Waals surface area contributed by atoms with Crippen molar-refractivity contribution in [1.29, 1.82) is 5.26 Å². The highest BCUT2D eigenvalue weighted by Crippen LogP contribution is 2.26. The van der Waals surface area contributed by atoms with Crippen LogP contribution in [0.5, 0.6) is 0 Å². The van der Waals surface area contributed by atoms with E-state index in [2.05, 4.69) is 48.0 Å². The molecule has 2 aromatic rings. The maximum atomic E-state index is 12.9. The van der Waals surface area contributed by atoms with Gasteiger partial charge in [-0.05, 0) is 62.1 Å². The first-order chi connectivity index (χ1) is 12.5. The van der Waals surface area contributed by atoms with Crippen molar-refractivity contribution in [2.45, 2.75) is 26.7 Å². The van der Waals surface area contributed by atoms with Crippen molar-refractivity contribution in [1.82, 2.24) is 4.98 Å². The average molecular weight is 348 g/mol. The van der Waals surface area contributed by atoms with Crippen LogP contribution in [0, 0.1) is 31.1 Å². The minimum atomic E-state index is 0.0375. The number of pyridine rings is 1. The predicted molar refractivity (Wildman–Crippen MR) is 103 cm³/mol. The van der Waals surface area contributed by atoms with Crippen LogP contribution in [0.25, 0.3) is 0 Å². The molecule has 134 valence electrons. The van der Waals surface area contributed by atoms with E-state index >= 15 is 0 Å². The van der Waals surface area contributed by atoms with Crippen molar-refractivity contribution < 1.29 is 4.79 Å². The van der Waals surface area contributed by atoms with E-state index in [1.807, 2.05) is 13.1 Å². The summed E-state index contributed by atoms with van der Waals surface area (Å²) in [6, 6.07) is 12.0. The zero-order chi connectivity index (χ0) is 18.7. The topological polar surface area (TPSA) is 60.2 Å². The first-order valence-electron chi connectivity index (χ1n) is 8.95. The van der Waals surface area contributed by atoms with E-state index in [1.54, 1.807) is 17.2 Å². The average Bonchev–Trinajstić information content (AvgIpc) is 2.66. The summed E-state index contributed by atoms with van der Waals surface area (Å²) < 4.78 is 0. The molecule has 1 aromatic heterocycles. The SMILES string of the molecule is Cc1cc(C)cc(N(C)C(=O)C2CCN(c3ccc(C#N)cn3)CC2)c1. The number of hydrogen-bond donors (Lipinski definition) is 0. The van der Waals surface area contributed by atoms with Gasteiger partial charge in [0.25, 0.3) is 0 Å². The summed E-state index contributed by atoms with van der Waals surface area (Å²) in [6.07, 6.45) is 3.23. The second-order valence-corrected chi connectivity index (χ2v) is 7.02. The lowest BCUT2D eigenvalue weighted by atomic mass is 9.95. The molecule has 1 saturated heterocycles. The first-order valence-corrected chi connectivity index (χ1v) is 8.95. The molecule has 2 heterocycles. The Hall–Kier alpha value is -2.87. The normalized spacial score (nSPS) is 14.8. The summed E-state index contributed by atoms with van der Waals surface area (Å²) >= 11 is 0. The van der Waals surface area contributed by atoms with Crippen LogP contribution in [0.4, 0.5) is 11.5 Å². The van der Waals surface area contributed by atoms with E-state index in [9.17, 15) is 4.79 Å². The Bertz CT molecular complexity index is 810. The van der Waals surface area contributed by atoms with Gasteiger partial charge in [-0.3, -0.25) is 4.79 Å². The Kier molecular flexibility index (Phi) is 5.22. The van der Waals surface area contributed by atoms with Gasteiger partial charge in [0.15, 0.2) is 0 Å². The number of aromatic nitrogens is 1. The quantitative estimate of drug-likeness (QED) is 0.852. The van der Waals surface area contributed by atoms with Crippen molar-refractivity contribution in [2.75, 3.05) is 29.9 Å². The van der Waals surface area contributed by atoms with Gasteiger partial charge in [0.1, 0.15) is 11.9 Å². The van der Waals surface area contributed by atoms with E-state index in [-0.39, 0.29) is 11.8 Å². The van der Waals surface area contributed by atoms with E-state index < -0.39 is 0 Å². The molecular weight excluding hydrogens is 324 g/mol. The zero-order valence-corrected chi connectivity index (χ0v) is 15.6. The Labute approximate surface area is 154 Å². The smallest absolute Gasteiger partial charge is 0.229 e. The third kappa shape index (κ3) is 3.85. The van der Waals surface area contributed by atoms with E-state index in [0.29, 0.717) is 5.56 Å². The van der Waals surface area contributed by atoms with Gasteiger partial charge in [-0.15, -0.1) is 0 Å². The molecule has 1 amide bonds. The molecule has 0 N–H and O–H groups in total. The molecule has 1 aromatic carbocycles. The summed E-state index contributed by atoms with van der Waals surface area (Å²) in [5.41, 5.74) is 3.86. The zero-order valence-electron chi connectivity index (χ0n) is 15.6. The molecular formula is C21H24N4O. The maximum absolute atomic E-state index is 12.9. The van der Waals surface area contributed by atoms with E-state index in [0.717, 1.165) is 37.4 Å². The molecule has 3 rings (SSSR count). The van der Waals surface area contributed by atoms with Crippen molar-refractivity contribution in [3.63, 3.8) is 0 Å². The van der Waals surface area contributed by atoms with Crippen molar-refractivity contribution in [3.05, 3.63) is 53.2 Å². The molecule has 0 saturated carbocycles. The minimum absolute atomic E-state index is 0.0375. The molecule has 0 unspecified atom stereocenters. The molecule has 5 heteroatoms. The number of anilines is 2. The molecule has 26 heavy (non-hydrogen) atoms. The molecule has 0 radical (unpaired) electrons. The van der Waals surface area contributed by atoms with Crippen LogP contribution in [0.1, 0.15) is 29.5 Å². The largest absolute Gasteiger partial charge is 0.357 e. The fraction of sp³-hybridized carbons (Fsp3) is 0.381. The number of nitriles is 1. The van der Waals surface area contributed by atoms with Gasteiger partial charge >= 0.3 is 0 Å². The van der Waals surface area contributed by atoms with Gasteiger partial charge in [-0.2, -0.15) is 5.26 Å². The predicted octanol–water partition coefficient (Wildman–Crippen LogP) is 3.45. The van der Waals surface area contributed by atoms with Crippen LogP contribution >= 0.6 is 0 Å². The molecule has 0 spiro atoms. The highest BCUT2D eigenvalue weighted by Gasteiger charge is 2.28. The van der Waals surface area contributed by atoms with Crippen molar-refractivity contribution in [3.8, 4) is 6.07 Å². The number of piperidine rings is 1. The molecule has 1 aliphatic heterocycles. The first kappa shape index (κ1) is 17.9. The van der Waals surface area contributed by atoms with Crippen molar-refractivity contribution >= 4 is 17.4 Å². The van der Waals surface area contributed by atoms with Gasteiger partial charge < -0.3 is 9.80 Å². The minimum Gasteiger partial charge on any atom is -0.357 e. The molecule has 5 nitrogen and oxygen atoms in total. The third-order valence-electron chi connectivity index (χ3n) is 4.97. The lowest BCUT2D eigenvalue weighted by Gasteiger charge is -2.34. The Morgan fingerprint density at radius 2 is 1.85 bits per heavy atom. The number of nitrogens with zero attached hydrogens (tertiary/aromatic N) is 4. The van der Waals surface area contributed by atoms with Crippen LogP contribution in [0.15, 0.2) is 36.5 Å². The van der Waals surface area contributed by atoms with Crippen LogP contribution in [-0.4, -0.2) is 31.0 Å². The fourth-order valence-corrected chi connectivity index (χ4v) is 3.54. The maximum Gasteiger partial charge on any atom is 0.229 e. The molecule has 1 fully saturated rings. The number of carbonyl (C=O) groups excluding carboxylic acids is 1. The number of benzene rings is 1. The van der Waals surface area contributed by atoms with E-state index in [1.165, 1.54) is 11.1 Å². The second kappa shape index (κ2) is 7.57. The number of carbonyl (C=O) groups is 1. The summed E-state index contributed by atoms with van der Waals surface area (Å²) in [5, 5.41) is 8.87.